The van der Waals surface area contributed by atoms with Gasteiger partial charge >= 0.3 is 0 Å². The molecule has 0 unspecified atom stereocenters. The minimum atomic E-state index is 0.697. The van der Waals surface area contributed by atoms with Crippen LogP contribution in [0.3, 0.4) is 0 Å². The fourth-order valence-electron chi connectivity index (χ4n) is 1.57. The average molecular weight is 214 g/mol. The van der Waals surface area contributed by atoms with Gasteiger partial charge in [-0.1, -0.05) is 49.8 Å². The monoisotopic (exact) mass is 214 g/mol. The maximum absolute atomic E-state index is 10.8. The third-order valence-electron chi connectivity index (χ3n) is 2.55. The standard InChI is InChI=1S/C15H18O/c1-3-4-5-6-7-11-15-13(2)9-8-10-14(15)12-16/h8-10,12H,3-6H2,1-2H3. The van der Waals surface area contributed by atoms with Gasteiger partial charge < -0.3 is 0 Å². The van der Waals surface area contributed by atoms with Crippen molar-refractivity contribution in [1.29, 1.82) is 0 Å². The van der Waals surface area contributed by atoms with Gasteiger partial charge in [-0.3, -0.25) is 4.79 Å². The quantitative estimate of drug-likeness (QED) is 0.424. The Morgan fingerprint density at radius 3 is 2.81 bits per heavy atom. The minimum absolute atomic E-state index is 0.697. The topological polar surface area (TPSA) is 17.1 Å². The van der Waals surface area contributed by atoms with Gasteiger partial charge in [0, 0.05) is 17.5 Å². The molecule has 0 bridgehead atoms. The van der Waals surface area contributed by atoms with Crippen LogP contribution < -0.4 is 0 Å². The van der Waals surface area contributed by atoms with Crippen LogP contribution in [0.4, 0.5) is 0 Å². The Labute approximate surface area is 97.9 Å². The van der Waals surface area contributed by atoms with E-state index in [4.69, 9.17) is 0 Å². The largest absolute Gasteiger partial charge is 0.298 e. The summed E-state index contributed by atoms with van der Waals surface area (Å²) >= 11 is 0. The van der Waals surface area contributed by atoms with E-state index in [2.05, 4.69) is 18.8 Å². The number of hydrogen-bond donors (Lipinski definition) is 0. The average Bonchev–Trinajstić information content (AvgIpc) is 2.30. The number of aryl methyl sites for hydroxylation is 1. The van der Waals surface area contributed by atoms with Crippen LogP contribution in [0, 0.1) is 18.8 Å². The van der Waals surface area contributed by atoms with E-state index in [0.29, 0.717) is 5.56 Å². The highest BCUT2D eigenvalue weighted by Crippen LogP contribution is 2.11. The van der Waals surface area contributed by atoms with Crippen LogP contribution in [0.15, 0.2) is 18.2 Å². The van der Waals surface area contributed by atoms with Crippen molar-refractivity contribution >= 4 is 6.29 Å². The first kappa shape index (κ1) is 12.5. The van der Waals surface area contributed by atoms with Gasteiger partial charge in [-0.15, -0.1) is 0 Å². The molecule has 0 radical (unpaired) electrons. The van der Waals surface area contributed by atoms with Crippen molar-refractivity contribution in [2.24, 2.45) is 0 Å². The summed E-state index contributed by atoms with van der Waals surface area (Å²) in [6.07, 6.45) is 5.38. The molecular formula is C15H18O. The number of unbranched alkanes of at least 4 members (excludes halogenated alkanes) is 3. The molecule has 1 aromatic rings. The highest BCUT2D eigenvalue weighted by atomic mass is 16.1. The van der Waals surface area contributed by atoms with Gasteiger partial charge in [-0.25, -0.2) is 0 Å². The molecule has 0 amide bonds. The maximum atomic E-state index is 10.8. The summed E-state index contributed by atoms with van der Waals surface area (Å²) in [4.78, 5) is 10.8. The fraction of sp³-hybridized carbons (Fsp3) is 0.400. The molecule has 84 valence electrons. The van der Waals surface area contributed by atoms with Crippen LogP contribution in [0.1, 0.15) is 54.1 Å². The van der Waals surface area contributed by atoms with Crippen molar-refractivity contribution in [3.8, 4) is 11.8 Å². The number of carbonyl (C=O) groups is 1. The second-order valence-electron chi connectivity index (χ2n) is 3.92. The van der Waals surface area contributed by atoms with Gasteiger partial charge in [0.05, 0.1) is 0 Å². The summed E-state index contributed by atoms with van der Waals surface area (Å²) in [6, 6.07) is 5.69. The van der Waals surface area contributed by atoms with Gasteiger partial charge in [-0.2, -0.15) is 0 Å². The molecule has 16 heavy (non-hydrogen) atoms. The lowest BCUT2D eigenvalue weighted by atomic mass is 10.0. The van der Waals surface area contributed by atoms with Gasteiger partial charge in [0.25, 0.3) is 0 Å². The Bertz CT molecular complexity index is 407. The SMILES string of the molecule is CCCCCC#Cc1c(C)cccc1C=O. The summed E-state index contributed by atoms with van der Waals surface area (Å²) in [5.41, 5.74) is 2.66. The number of hydrogen-bond acceptors (Lipinski definition) is 1. The number of aldehydes is 1. The summed E-state index contributed by atoms with van der Waals surface area (Å²) in [7, 11) is 0. The molecule has 0 heterocycles. The van der Waals surface area contributed by atoms with Gasteiger partial charge in [0.1, 0.15) is 0 Å². The second kappa shape index (κ2) is 6.85. The Hall–Kier alpha value is -1.55. The molecule has 0 aliphatic carbocycles. The molecule has 0 saturated carbocycles. The molecule has 0 N–H and O–H groups in total. The summed E-state index contributed by atoms with van der Waals surface area (Å²) in [6.45, 7) is 4.17. The first-order valence-electron chi connectivity index (χ1n) is 5.83. The van der Waals surface area contributed by atoms with E-state index in [1.54, 1.807) is 0 Å². The Morgan fingerprint density at radius 2 is 2.12 bits per heavy atom. The van der Waals surface area contributed by atoms with Crippen molar-refractivity contribution in [2.75, 3.05) is 0 Å². The number of benzene rings is 1. The lowest BCUT2D eigenvalue weighted by Gasteiger charge is -2.00. The van der Waals surface area contributed by atoms with Crippen molar-refractivity contribution in [3.63, 3.8) is 0 Å². The predicted octanol–water partition coefficient (Wildman–Crippen LogP) is 3.74. The van der Waals surface area contributed by atoms with E-state index in [1.165, 1.54) is 12.8 Å². The summed E-state index contributed by atoms with van der Waals surface area (Å²) < 4.78 is 0. The zero-order valence-corrected chi connectivity index (χ0v) is 10.0. The van der Waals surface area contributed by atoms with E-state index in [1.807, 2.05) is 25.1 Å². The van der Waals surface area contributed by atoms with Crippen LogP contribution in [0.2, 0.25) is 0 Å². The van der Waals surface area contributed by atoms with Gasteiger partial charge in [0.2, 0.25) is 0 Å². The van der Waals surface area contributed by atoms with Crippen molar-refractivity contribution in [2.45, 2.75) is 39.5 Å². The molecule has 1 rings (SSSR count). The van der Waals surface area contributed by atoms with Crippen LogP contribution >= 0.6 is 0 Å². The molecule has 1 heteroatoms. The molecule has 0 aliphatic rings. The molecule has 1 nitrogen and oxygen atoms in total. The van der Waals surface area contributed by atoms with E-state index < -0.39 is 0 Å². The molecule has 0 spiro atoms. The van der Waals surface area contributed by atoms with Crippen LogP contribution in [0.25, 0.3) is 0 Å². The van der Waals surface area contributed by atoms with E-state index >= 15 is 0 Å². The number of carbonyl (C=O) groups excluding carboxylic acids is 1. The lowest BCUT2D eigenvalue weighted by molar-refractivity contribution is 0.112. The zero-order chi connectivity index (χ0) is 11.8. The fourth-order valence-corrected chi connectivity index (χ4v) is 1.57. The normalized spacial score (nSPS) is 9.38. The Balaban J connectivity index is 2.75. The summed E-state index contributed by atoms with van der Waals surface area (Å²) in [5, 5.41) is 0. The van der Waals surface area contributed by atoms with E-state index in [9.17, 15) is 4.79 Å². The summed E-state index contributed by atoms with van der Waals surface area (Å²) in [5.74, 6) is 6.25. The van der Waals surface area contributed by atoms with E-state index in [0.717, 1.165) is 30.3 Å². The Kier molecular flexibility index (Phi) is 5.36. The van der Waals surface area contributed by atoms with Gasteiger partial charge in [-0.05, 0) is 18.9 Å². The highest BCUT2D eigenvalue weighted by Gasteiger charge is 2.00. The third kappa shape index (κ3) is 3.55. The van der Waals surface area contributed by atoms with Crippen molar-refractivity contribution < 1.29 is 4.79 Å². The molecule has 0 atom stereocenters. The molecular weight excluding hydrogens is 196 g/mol. The lowest BCUT2D eigenvalue weighted by Crippen LogP contribution is -1.90. The molecule has 0 aromatic heterocycles. The van der Waals surface area contributed by atoms with Crippen molar-refractivity contribution in [3.05, 3.63) is 34.9 Å². The number of rotatable bonds is 4. The van der Waals surface area contributed by atoms with Crippen LogP contribution in [0.5, 0.6) is 0 Å². The maximum Gasteiger partial charge on any atom is 0.151 e. The van der Waals surface area contributed by atoms with Crippen molar-refractivity contribution in [1.82, 2.24) is 0 Å². The molecule has 0 fully saturated rings. The highest BCUT2D eigenvalue weighted by molar-refractivity contribution is 5.80. The van der Waals surface area contributed by atoms with E-state index in [-0.39, 0.29) is 0 Å². The van der Waals surface area contributed by atoms with Crippen LogP contribution in [-0.4, -0.2) is 6.29 Å². The molecule has 1 aromatic carbocycles. The second-order valence-corrected chi connectivity index (χ2v) is 3.92. The first-order chi connectivity index (χ1) is 7.79. The zero-order valence-electron chi connectivity index (χ0n) is 10.0. The predicted molar refractivity (Wildman–Crippen MR) is 67.6 cm³/mol. The Morgan fingerprint density at radius 1 is 1.31 bits per heavy atom. The smallest absolute Gasteiger partial charge is 0.151 e. The molecule has 0 aliphatic heterocycles. The third-order valence-corrected chi connectivity index (χ3v) is 2.55. The minimum Gasteiger partial charge on any atom is -0.298 e. The van der Waals surface area contributed by atoms with Crippen LogP contribution in [-0.2, 0) is 0 Å². The molecule has 0 saturated heterocycles. The first-order valence-corrected chi connectivity index (χ1v) is 5.83. The van der Waals surface area contributed by atoms with Gasteiger partial charge in [0.15, 0.2) is 6.29 Å².